The van der Waals surface area contributed by atoms with E-state index in [1.165, 1.54) is 11.1 Å². The number of aliphatic imine (C=N–C) groups is 1. The molecule has 0 radical (unpaired) electrons. The van der Waals surface area contributed by atoms with Crippen molar-refractivity contribution >= 4 is 41.7 Å². The van der Waals surface area contributed by atoms with E-state index in [1.807, 2.05) is 11.8 Å². The van der Waals surface area contributed by atoms with E-state index in [9.17, 15) is 0 Å². The van der Waals surface area contributed by atoms with Crippen LogP contribution < -0.4 is 10.6 Å². The number of rotatable bonds is 10. The van der Waals surface area contributed by atoms with Gasteiger partial charge >= 0.3 is 0 Å². The number of ether oxygens (including phenoxy) is 1. The van der Waals surface area contributed by atoms with Crippen LogP contribution in [0.5, 0.6) is 0 Å². The van der Waals surface area contributed by atoms with Gasteiger partial charge in [-0.25, -0.2) is 4.99 Å². The number of hydrogen-bond acceptors (Lipinski definition) is 3. The number of halogens is 1. The molecule has 0 saturated carbocycles. The molecule has 0 saturated heterocycles. The first-order valence-corrected chi connectivity index (χ1v) is 9.36. The van der Waals surface area contributed by atoms with Crippen LogP contribution in [0.1, 0.15) is 31.4 Å². The van der Waals surface area contributed by atoms with Crippen LogP contribution in [0.15, 0.2) is 29.3 Å². The van der Waals surface area contributed by atoms with Gasteiger partial charge in [0.1, 0.15) is 0 Å². The molecule has 1 aromatic rings. The van der Waals surface area contributed by atoms with Gasteiger partial charge in [0.05, 0.1) is 13.2 Å². The predicted octanol–water partition coefficient (Wildman–Crippen LogP) is 3.65. The van der Waals surface area contributed by atoms with Crippen LogP contribution in [0.25, 0.3) is 0 Å². The lowest BCUT2D eigenvalue weighted by molar-refractivity contribution is 0.121. The van der Waals surface area contributed by atoms with Crippen molar-refractivity contribution in [1.82, 2.24) is 10.6 Å². The first-order valence-electron chi connectivity index (χ1n) is 7.97. The predicted molar refractivity (Wildman–Crippen MR) is 113 cm³/mol. The molecule has 0 amide bonds. The summed E-state index contributed by atoms with van der Waals surface area (Å²) < 4.78 is 5.66. The lowest BCUT2D eigenvalue weighted by Gasteiger charge is -2.12. The van der Waals surface area contributed by atoms with Crippen LogP contribution in [0.2, 0.25) is 0 Å². The molecule has 0 aliphatic carbocycles. The van der Waals surface area contributed by atoms with Crippen molar-refractivity contribution in [3.05, 3.63) is 35.4 Å². The van der Waals surface area contributed by atoms with Crippen LogP contribution in [-0.4, -0.2) is 37.7 Å². The van der Waals surface area contributed by atoms with Crippen molar-refractivity contribution < 1.29 is 4.74 Å². The van der Waals surface area contributed by atoms with Gasteiger partial charge in [0, 0.05) is 25.4 Å². The van der Waals surface area contributed by atoms with E-state index in [-0.39, 0.29) is 24.0 Å². The van der Waals surface area contributed by atoms with Gasteiger partial charge in [-0.15, -0.1) is 24.0 Å². The maximum Gasteiger partial charge on any atom is 0.191 e. The first kappa shape index (κ1) is 22.5. The minimum atomic E-state index is 0. The molecule has 0 atom stereocenters. The summed E-state index contributed by atoms with van der Waals surface area (Å²) in [5, 5.41) is 6.63. The Morgan fingerprint density at radius 2 is 1.91 bits per heavy atom. The molecular formula is C17H30IN3OS. The second-order valence-electron chi connectivity index (χ2n) is 4.94. The quantitative estimate of drug-likeness (QED) is 0.247. The summed E-state index contributed by atoms with van der Waals surface area (Å²) in [5.74, 6) is 1.95. The molecular weight excluding hydrogens is 421 g/mol. The van der Waals surface area contributed by atoms with Crippen LogP contribution >= 0.6 is 35.7 Å². The van der Waals surface area contributed by atoms with Crippen molar-refractivity contribution in [3.8, 4) is 0 Å². The van der Waals surface area contributed by atoms with Gasteiger partial charge in [0.15, 0.2) is 5.96 Å². The molecule has 1 aromatic carbocycles. The van der Waals surface area contributed by atoms with Gasteiger partial charge in [-0.1, -0.05) is 31.2 Å². The van der Waals surface area contributed by atoms with Gasteiger partial charge in [-0.3, -0.25) is 0 Å². The minimum absolute atomic E-state index is 0. The largest absolute Gasteiger partial charge is 0.377 e. The average Bonchev–Trinajstić information content (AvgIpc) is 2.54. The lowest BCUT2D eigenvalue weighted by atomic mass is 10.1. The molecule has 0 aliphatic rings. The highest BCUT2D eigenvalue weighted by Gasteiger charge is 2.02. The Balaban J connectivity index is 0.00000484. The fraction of sp³-hybridized carbons (Fsp3) is 0.588. The van der Waals surface area contributed by atoms with Crippen LogP contribution in [0.4, 0.5) is 0 Å². The third-order valence-electron chi connectivity index (χ3n) is 3.07. The Morgan fingerprint density at radius 3 is 2.57 bits per heavy atom. The summed E-state index contributed by atoms with van der Waals surface area (Å²) in [6, 6.07) is 8.36. The van der Waals surface area contributed by atoms with Crippen molar-refractivity contribution in [1.29, 1.82) is 0 Å². The molecule has 4 nitrogen and oxygen atoms in total. The van der Waals surface area contributed by atoms with Gasteiger partial charge in [0.2, 0.25) is 0 Å². The molecule has 0 bridgehead atoms. The molecule has 0 spiro atoms. The number of hydrogen-bond donors (Lipinski definition) is 2. The third-order valence-corrected chi connectivity index (χ3v) is 3.69. The van der Waals surface area contributed by atoms with Gasteiger partial charge in [-0.05, 0) is 30.7 Å². The van der Waals surface area contributed by atoms with Crippen LogP contribution in [0, 0.1) is 0 Å². The number of guanidine groups is 1. The zero-order valence-corrected chi connectivity index (χ0v) is 17.6. The number of thioether (sulfide) groups is 1. The van der Waals surface area contributed by atoms with Crippen LogP contribution in [0.3, 0.4) is 0 Å². The summed E-state index contributed by atoms with van der Waals surface area (Å²) in [6.45, 7) is 8.13. The summed E-state index contributed by atoms with van der Waals surface area (Å²) in [4.78, 5) is 4.67. The van der Waals surface area contributed by atoms with Crippen molar-refractivity contribution in [3.63, 3.8) is 0 Å². The smallest absolute Gasteiger partial charge is 0.191 e. The normalized spacial score (nSPS) is 11.0. The van der Waals surface area contributed by atoms with E-state index in [1.54, 1.807) is 0 Å². The second-order valence-corrected chi connectivity index (χ2v) is 5.92. The standard InChI is InChI=1S/C17H29N3OS.HI/c1-4-11-21-14-16-9-7-6-8-15(16)13-20-17(18-5-2)19-10-12-22-3;/h6-9H,4-5,10-14H2,1-3H3,(H2,18,19,20);1H. The summed E-state index contributed by atoms with van der Waals surface area (Å²) >= 11 is 1.83. The van der Waals surface area contributed by atoms with E-state index in [2.05, 4.69) is 60.0 Å². The molecule has 132 valence electrons. The lowest BCUT2D eigenvalue weighted by Crippen LogP contribution is -2.38. The number of nitrogens with one attached hydrogen (secondary N) is 2. The number of benzene rings is 1. The molecule has 0 aromatic heterocycles. The fourth-order valence-corrected chi connectivity index (χ4v) is 2.26. The minimum Gasteiger partial charge on any atom is -0.377 e. The molecule has 2 N–H and O–H groups in total. The molecule has 6 heteroatoms. The van der Waals surface area contributed by atoms with E-state index in [4.69, 9.17) is 4.74 Å². The Bertz CT molecular complexity index is 444. The van der Waals surface area contributed by atoms with E-state index in [0.717, 1.165) is 37.8 Å². The van der Waals surface area contributed by atoms with Crippen LogP contribution in [-0.2, 0) is 17.9 Å². The Labute approximate surface area is 162 Å². The highest BCUT2D eigenvalue weighted by atomic mass is 127. The second kappa shape index (κ2) is 15.1. The average molecular weight is 451 g/mol. The topological polar surface area (TPSA) is 45.6 Å². The number of nitrogens with zero attached hydrogens (tertiary/aromatic N) is 1. The summed E-state index contributed by atoms with van der Waals surface area (Å²) in [7, 11) is 0. The molecule has 0 heterocycles. The monoisotopic (exact) mass is 451 g/mol. The molecule has 23 heavy (non-hydrogen) atoms. The van der Waals surface area contributed by atoms with Crippen molar-refractivity contribution in [2.45, 2.75) is 33.4 Å². The van der Waals surface area contributed by atoms with Gasteiger partial charge < -0.3 is 15.4 Å². The van der Waals surface area contributed by atoms with Crippen molar-refractivity contribution in [2.75, 3.05) is 31.7 Å². The zero-order chi connectivity index (χ0) is 16.0. The van der Waals surface area contributed by atoms with Crippen molar-refractivity contribution in [2.24, 2.45) is 4.99 Å². The third kappa shape index (κ3) is 10.1. The highest BCUT2D eigenvalue weighted by Crippen LogP contribution is 2.11. The molecule has 0 aliphatic heterocycles. The fourth-order valence-electron chi connectivity index (χ4n) is 1.96. The molecule has 0 unspecified atom stereocenters. The molecule has 1 rings (SSSR count). The Hall–Kier alpha value is -0.470. The van der Waals surface area contributed by atoms with Gasteiger partial charge in [-0.2, -0.15) is 11.8 Å². The first-order chi connectivity index (χ1) is 10.8. The van der Waals surface area contributed by atoms with E-state index < -0.39 is 0 Å². The maximum atomic E-state index is 5.66. The molecule has 0 fully saturated rings. The maximum absolute atomic E-state index is 5.66. The van der Waals surface area contributed by atoms with E-state index in [0.29, 0.717) is 13.2 Å². The summed E-state index contributed by atoms with van der Waals surface area (Å²) in [6.07, 6.45) is 3.16. The zero-order valence-electron chi connectivity index (χ0n) is 14.4. The Morgan fingerprint density at radius 1 is 1.17 bits per heavy atom. The SMILES string of the molecule is CCCOCc1ccccc1CN=C(NCC)NCCSC.I. The summed E-state index contributed by atoms with van der Waals surface area (Å²) in [5.41, 5.74) is 2.44. The van der Waals surface area contributed by atoms with Gasteiger partial charge in [0.25, 0.3) is 0 Å². The Kier molecular flexibility index (Phi) is 14.8. The van der Waals surface area contributed by atoms with E-state index >= 15 is 0 Å². The highest BCUT2D eigenvalue weighted by molar-refractivity contribution is 14.0.